The fourth-order valence-corrected chi connectivity index (χ4v) is 1.91. The Bertz CT molecular complexity index is 475. The molecule has 3 nitrogen and oxygen atoms in total. The molecule has 0 saturated carbocycles. The summed E-state index contributed by atoms with van der Waals surface area (Å²) in [4.78, 5) is 13.8. The number of rotatable bonds is 5. The minimum atomic E-state index is -0.226. The van der Waals surface area contributed by atoms with Gasteiger partial charge in [0.1, 0.15) is 0 Å². The van der Waals surface area contributed by atoms with Crippen LogP contribution < -0.4 is 5.32 Å². The average Bonchev–Trinajstić information content (AvgIpc) is 2.39. The Morgan fingerprint density at radius 1 is 1.26 bits per heavy atom. The van der Waals surface area contributed by atoms with Crippen LogP contribution in [0.5, 0.6) is 0 Å². The number of carbonyl (C=O) groups excluding carboxylic acids is 1. The van der Waals surface area contributed by atoms with E-state index in [1.165, 1.54) is 0 Å². The maximum atomic E-state index is 12.0. The van der Waals surface area contributed by atoms with Gasteiger partial charge in [-0.15, -0.1) is 13.2 Å². The number of amides is 1. The second kappa shape index (κ2) is 7.86. The van der Waals surface area contributed by atoms with Gasteiger partial charge in [0.05, 0.1) is 0 Å². The Balaban J connectivity index is 2.69. The van der Waals surface area contributed by atoms with Crippen molar-refractivity contribution in [2.24, 2.45) is 0 Å². The van der Waals surface area contributed by atoms with E-state index in [0.29, 0.717) is 23.8 Å². The van der Waals surface area contributed by atoms with Gasteiger partial charge in [-0.1, -0.05) is 28.1 Å². The van der Waals surface area contributed by atoms with Gasteiger partial charge in [-0.2, -0.15) is 0 Å². The van der Waals surface area contributed by atoms with E-state index < -0.39 is 0 Å². The molecule has 0 atom stereocenters. The monoisotopic (exact) mass is 338 g/mol. The second-order valence-corrected chi connectivity index (χ2v) is 5.05. The van der Waals surface area contributed by atoms with Gasteiger partial charge >= 0.3 is 0 Å². The molecule has 5 heteroatoms. The van der Waals surface area contributed by atoms with Gasteiger partial charge in [0.2, 0.25) is 0 Å². The average molecular weight is 339 g/mol. The lowest BCUT2D eigenvalue weighted by Crippen LogP contribution is -2.42. The molecule has 1 amide bonds. The molecule has 0 fully saturated rings. The molecule has 0 saturated heterocycles. The van der Waals surface area contributed by atoms with E-state index in [-0.39, 0.29) is 5.91 Å². The molecule has 0 radical (unpaired) electrons. The van der Waals surface area contributed by atoms with Crippen molar-refractivity contribution in [2.75, 3.05) is 13.1 Å². The highest BCUT2D eigenvalue weighted by Gasteiger charge is 2.11. The highest BCUT2D eigenvalue weighted by molar-refractivity contribution is 9.10. The summed E-state index contributed by atoms with van der Waals surface area (Å²) >= 11 is 8.52. The SMILES string of the molecule is C=CCN(CC=C)C(=S)NC(=O)c1ccc(Br)cc1. The molecule has 0 heterocycles. The van der Waals surface area contributed by atoms with Crippen molar-refractivity contribution in [3.05, 3.63) is 59.6 Å². The largest absolute Gasteiger partial charge is 0.342 e. The fraction of sp³-hybridized carbons (Fsp3) is 0.143. The Hall–Kier alpha value is -1.46. The van der Waals surface area contributed by atoms with E-state index in [0.717, 1.165) is 4.47 Å². The molecule has 1 rings (SSSR count). The Morgan fingerprint density at radius 3 is 2.26 bits per heavy atom. The molecule has 1 aromatic carbocycles. The summed E-state index contributed by atoms with van der Waals surface area (Å²) in [5.41, 5.74) is 0.558. The lowest BCUT2D eigenvalue weighted by molar-refractivity contribution is 0.0974. The van der Waals surface area contributed by atoms with E-state index in [2.05, 4.69) is 34.4 Å². The molecule has 0 spiro atoms. The van der Waals surface area contributed by atoms with Crippen LogP contribution in [0.1, 0.15) is 10.4 Å². The summed E-state index contributed by atoms with van der Waals surface area (Å²) in [6.45, 7) is 8.44. The normalized spacial score (nSPS) is 9.53. The van der Waals surface area contributed by atoms with Gasteiger partial charge < -0.3 is 4.90 Å². The highest BCUT2D eigenvalue weighted by Crippen LogP contribution is 2.10. The van der Waals surface area contributed by atoms with Crippen molar-refractivity contribution in [3.63, 3.8) is 0 Å². The molecule has 1 N–H and O–H groups in total. The van der Waals surface area contributed by atoms with E-state index in [4.69, 9.17) is 12.2 Å². The molecule has 19 heavy (non-hydrogen) atoms. The van der Waals surface area contributed by atoms with Gasteiger partial charge in [-0.05, 0) is 36.5 Å². The molecule has 0 aliphatic heterocycles. The van der Waals surface area contributed by atoms with Crippen molar-refractivity contribution < 1.29 is 4.79 Å². The maximum absolute atomic E-state index is 12.0. The number of thiocarbonyl (C=S) groups is 1. The predicted octanol–water partition coefficient (Wildman–Crippen LogP) is 3.14. The van der Waals surface area contributed by atoms with E-state index in [9.17, 15) is 4.79 Å². The summed E-state index contributed by atoms with van der Waals surface area (Å²) in [5.74, 6) is -0.226. The molecule has 1 aromatic rings. The van der Waals surface area contributed by atoms with Crippen LogP contribution in [0, 0.1) is 0 Å². The smallest absolute Gasteiger partial charge is 0.257 e. The van der Waals surface area contributed by atoms with Crippen LogP contribution in [-0.4, -0.2) is 29.0 Å². The molecule has 0 aliphatic carbocycles. The molecule has 0 unspecified atom stereocenters. The minimum Gasteiger partial charge on any atom is -0.342 e. The van der Waals surface area contributed by atoms with Gasteiger partial charge in [-0.3, -0.25) is 10.1 Å². The van der Waals surface area contributed by atoms with Crippen LogP contribution in [0.4, 0.5) is 0 Å². The topological polar surface area (TPSA) is 32.3 Å². The third-order valence-electron chi connectivity index (χ3n) is 2.31. The first-order chi connectivity index (χ1) is 9.08. The zero-order valence-corrected chi connectivity index (χ0v) is 12.8. The van der Waals surface area contributed by atoms with Gasteiger partial charge in [0, 0.05) is 23.1 Å². The van der Waals surface area contributed by atoms with E-state index in [1.54, 1.807) is 29.2 Å². The zero-order chi connectivity index (χ0) is 14.3. The molecule has 0 aliphatic rings. The molecule has 100 valence electrons. The lowest BCUT2D eigenvalue weighted by atomic mass is 10.2. The van der Waals surface area contributed by atoms with Crippen LogP contribution >= 0.6 is 28.1 Å². The zero-order valence-electron chi connectivity index (χ0n) is 10.4. The summed E-state index contributed by atoms with van der Waals surface area (Å²) < 4.78 is 0.923. The van der Waals surface area contributed by atoms with Gasteiger partial charge in [0.15, 0.2) is 5.11 Å². The van der Waals surface area contributed by atoms with Crippen molar-refractivity contribution >= 4 is 39.2 Å². The van der Waals surface area contributed by atoms with Crippen LogP contribution in [0.3, 0.4) is 0 Å². The number of hydrogen-bond acceptors (Lipinski definition) is 2. The third kappa shape index (κ3) is 4.96. The Kier molecular flexibility index (Phi) is 6.45. The summed E-state index contributed by atoms with van der Waals surface area (Å²) in [5, 5.41) is 3.06. The van der Waals surface area contributed by atoms with Crippen LogP contribution in [0.15, 0.2) is 54.0 Å². The summed E-state index contributed by atoms with van der Waals surface area (Å²) in [6.07, 6.45) is 3.45. The molecule has 0 aromatic heterocycles. The van der Waals surface area contributed by atoms with Crippen molar-refractivity contribution in [2.45, 2.75) is 0 Å². The quantitative estimate of drug-likeness (QED) is 0.661. The number of carbonyl (C=O) groups is 1. The maximum Gasteiger partial charge on any atom is 0.257 e. The second-order valence-electron chi connectivity index (χ2n) is 3.75. The summed E-state index contributed by atoms with van der Waals surface area (Å²) in [6, 6.07) is 7.08. The van der Waals surface area contributed by atoms with E-state index >= 15 is 0 Å². The first-order valence-corrected chi connectivity index (χ1v) is 6.86. The Morgan fingerprint density at radius 2 is 1.79 bits per heavy atom. The van der Waals surface area contributed by atoms with E-state index in [1.807, 2.05) is 12.1 Å². The highest BCUT2D eigenvalue weighted by atomic mass is 79.9. The predicted molar refractivity (Wildman–Crippen MR) is 86.2 cm³/mol. The van der Waals surface area contributed by atoms with Crippen LogP contribution in [0.2, 0.25) is 0 Å². The minimum absolute atomic E-state index is 0.226. The first-order valence-electron chi connectivity index (χ1n) is 5.66. The van der Waals surface area contributed by atoms with Gasteiger partial charge in [0.25, 0.3) is 5.91 Å². The number of benzene rings is 1. The van der Waals surface area contributed by atoms with Crippen LogP contribution in [-0.2, 0) is 0 Å². The van der Waals surface area contributed by atoms with Crippen LogP contribution in [0.25, 0.3) is 0 Å². The molecule has 0 bridgehead atoms. The van der Waals surface area contributed by atoms with Crippen molar-refractivity contribution in [1.29, 1.82) is 0 Å². The summed E-state index contributed by atoms with van der Waals surface area (Å²) in [7, 11) is 0. The first kappa shape index (κ1) is 15.6. The third-order valence-corrected chi connectivity index (χ3v) is 3.20. The molecular formula is C14H15BrN2OS. The van der Waals surface area contributed by atoms with Crippen molar-refractivity contribution in [3.8, 4) is 0 Å². The standard InChI is InChI=1S/C14H15BrN2OS/c1-3-9-17(10-4-2)14(19)16-13(18)11-5-7-12(15)8-6-11/h3-8H,1-2,9-10H2,(H,16,18,19). The number of nitrogens with one attached hydrogen (secondary N) is 1. The number of halogens is 1. The fourth-order valence-electron chi connectivity index (χ4n) is 1.40. The lowest BCUT2D eigenvalue weighted by Gasteiger charge is -2.22. The van der Waals surface area contributed by atoms with Crippen molar-refractivity contribution in [1.82, 2.24) is 10.2 Å². The molecular weight excluding hydrogens is 324 g/mol. The number of nitrogens with zero attached hydrogens (tertiary/aromatic N) is 1. The number of hydrogen-bond donors (Lipinski definition) is 1. The van der Waals surface area contributed by atoms with Gasteiger partial charge in [-0.25, -0.2) is 0 Å². The Labute approximate surface area is 127 Å².